The molecule has 1 unspecified atom stereocenters. The summed E-state index contributed by atoms with van der Waals surface area (Å²) in [6, 6.07) is 0. The summed E-state index contributed by atoms with van der Waals surface area (Å²) in [7, 11) is 0. The number of morpholine rings is 1. The van der Waals surface area contributed by atoms with Gasteiger partial charge in [-0.1, -0.05) is 0 Å². The highest BCUT2D eigenvalue weighted by Gasteiger charge is 2.33. The standard InChI is InChI=1S/C13H26N2O3/c1-12(2,3)14-11(17)7-15-6-10(8-16)18-13(4,5)9-15/h10,16H,6-9H2,1-5H3,(H,14,17). The van der Waals surface area contributed by atoms with E-state index in [9.17, 15) is 9.90 Å². The topological polar surface area (TPSA) is 61.8 Å². The van der Waals surface area contributed by atoms with E-state index in [1.165, 1.54) is 0 Å². The van der Waals surface area contributed by atoms with E-state index in [4.69, 9.17) is 4.74 Å². The monoisotopic (exact) mass is 258 g/mol. The van der Waals surface area contributed by atoms with Gasteiger partial charge < -0.3 is 15.2 Å². The van der Waals surface area contributed by atoms with Crippen molar-refractivity contribution in [2.45, 2.75) is 51.9 Å². The number of aliphatic hydroxyl groups is 1. The van der Waals surface area contributed by atoms with Crippen LogP contribution in [0.4, 0.5) is 0 Å². The molecule has 1 saturated heterocycles. The Hall–Kier alpha value is -0.650. The van der Waals surface area contributed by atoms with E-state index >= 15 is 0 Å². The maximum absolute atomic E-state index is 11.9. The molecule has 106 valence electrons. The van der Waals surface area contributed by atoms with Crippen molar-refractivity contribution in [2.24, 2.45) is 0 Å². The summed E-state index contributed by atoms with van der Waals surface area (Å²) >= 11 is 0. The van der Waals surface area contributed by atoms with Crippen LogP contribution in [0, 0.1) is 0 Å². The van der Waals surface area contributed by atoms with Gasteiger partial charge in [0.05, 0.1) is 24.9 Å². The molecule has 0 spiro atoms. The Kier molecular flexibility index (Phi) is 4.75. The first-order valence-electron chi connectivity index (χ1n) is 6.43. The average molecular weight is 258 g/mol. The SMILES string of the molecule is CC(C)(C)NC(=O)CN1CC(CO)OC(C)(C)C1. The van der Waals surface area contributed by atoms with Crippen molar-refractivity contribution < 1.29 is 14.6 Å². The summed E-state index contributed by atoms with van der Waals surface area (Å²) < 4.78 is 5.71. The van der Waals surface area contributed by atoms with Gasteiger partial charge in [0.2, 0.25) is 5.91 Å². The molecule has 1 heterocycles. The summed E-state index contributed by atoms with van der Waals surface area (Å²) in [4.78, 5) is 13.9. The Balaban J connectivity index is 2.53. The van der Waals surface area contributed by atoms with Crippen LogP contribution in [-0.2, 0) is 9.53 Å². The molecule has 5 heteroatoms. The second kappa shape index (κ2) is 5.55. The van der Waals surface area contributed by atoms with Crippen molar-refractivity contribution in [2.75, 3.05) is 26.2 Å². The largest absolute Gasteiger partial charge is 0.394 e. The van der Waals surface area contributed by atoms with E-state index in [-0.39, 0.29) is 29.8 Å². The highest BCUT2D eigenvalue weighted by molar-refractivity contribution is 5.78. The van der Waals surface area contributed by atoms with Gasteiger partial charge in [-0.2, -0.15) is 0 Å². The number of rotatable bonds is 3. The zero-order chi connectivity index (χ0) is 14.0. The predicted octanol–water partition coefficient (Wildman–Crippen LogP) is 0.373. The minimum atomic E-state index is -0.326. The Labute approximate surface area is 109 Å². The van der Waals surface area contributed by atoms with Crippen LogP contribution in [0.5, 0.6) is 0 Å². The van der Waals surface area contributed by atoms with Crippen LogP contribution in [0.2, 0.25) is 0 Å². The van der Waals surface area contributed by atoms with E-state index in [1.807, 2.05) is 39.5 Å². The molecule has 0 aliphatic carbocycles. The Morgan fingerprint density at radius 3 is 2.61 bits per heavy atom. The zero-order valence-electron chi connectivity index (χ0n) is 12.1. The fourth-order valence-electron chi connectivity index (χ4n) is 2.29. The molecule has 18 heavy (non-hydrogen) atoms. The maximum atomic E-state index is 11.9. The smallest absolute Gasteiger partial charge is 0.234 e. The molecule has 1 atom stereocenters. The van der Waals surface area contributed by atoms with Gasteiger partial charge in [0.25, 0.3) is 0 Å². The van der Waals surface area contributed by atoms with Crippen molar-refractivity contribution in [3.63, 3.8) is 0 Å². The van der Waals surface area contributed by atoms with Gasteiger partial charge in [-0.05, 0) is 34.6 Å². The van der Waals surface area contributed by atoms with Gasteiger partial charge in [-0.15, -0.1) is 0 Å². The number of carbonyl (C=O) groups is 1. The highest BCUT2D eigenvalue weighted by atomic mass is 16.5. The predicted molar refractivity (Wildman–Crippen MR) is 70.4 cm³/mol. The lowest BCUT2D eigenvalue weighted by Gasteiger charge is -2.42. The van der Waals surface area contributed by atoms with E-state index in [1.54, 1.807) is 0 Å². The molecule has 1 aliphatic heterocycles. The molecular weight excluding hydrogens is 232 g/mol. The molecular formula is C13H26N2O3. The molecule has 2 N–H and O–H groups in total. The summed E-state index contributed by atoms with van der Waals surface area (Å²) in [5, 5.41) is 12.2. The Morgan fingerprint density at radius 2 is 2.11 bits per heavy atom. The van der Waals surface area contributed by atoms with Gasteiger partial charge in [-0.25, -0.2) is 0 Å². The third-order valence-corrected chi connectivity index (χ3v) is 2.64. The highest BCUT2D eigenvalue weighted by Crippen LogP contribution is 2.20. The Morgan fingerprint density at radius 1 is 1.50 bits per heavy atom. The van der Waals surface area contributed by atoms with Crippen LogP contribution in [0.3, 0.4) is 0 Å². The second-order valence-electron chi connectivity index (χ2n) is 6.65. The van der Waals surface area contributed by atoms with Gasteiger partial charge in [0.1, 0.15) is 0 Å². The number of hydrogen-bond acceptors (Lipinski definition) is 4. The molecule has 5 nitrogen and oxygen atoms in total. The van der Waals surface area contributed by atoms with E-state index in [0.29, 0.717) is 19.6 Å². The van der Waals surface area contributed by atoms with Crippen molar-refractivity contribution in [1.29, 1.82) is 0 Å². The quantitative estimate of drug-likeness (QED) is 0.768. The molecule has 0 aromatic carbocycles. The van der Waals surface area contributed by atoms with Gasteiger partial charge in [-0.3, -0.25) is 9.69 Å². The normalized spacial score (nSPS) is 24.9. The number of nitrogens with zero attached hydrogens (tertiary/aromatic N) is 1. The molecule has 0 saturated carbocycles. The van der Waals surface area contributed by atoms with Crippen molar-refractivity contribution in [1.82, 2.24) is 10.2 Å². The number of nitrogens with one attached hydrogen (secondary N) is 1. The van der Waals surface area contributed by atoms with Crippen LogP contribution in [0.25, 0.3) is 0 Å². The first kappa shape index (κ1) is 15.4. The van der Waals surface area contributed by atoms with E-state index in [2.05, 4.69) is 5.32 Å². The minimum absolute atomic E-state index is 0.0110. The lowest BCUT2D eigenvalue weighted by Crippen LogP contribution is -2.56. The number of amides is 1. The van der Waals surface area contributed by atoms with Crippen molar-refractivity contribution in [3.05, 3.63) is 0 Å². The van der Waals surface area contributed by atoms with Crippen LogP contribution in [-0.4, -0.2) is 59.4 Å². The molecule has 0 radical (unpaired) electrons. The van der Waals surface area contributed by atoms with Crippen LogP contribution >= 0.6 is 0 Å². The number of carbonyl (C=O) groups excluding carboxylic acids is 1. The molecule has 0 aromatic heterocycles. The summed E-state index contributed by atoms with van der Waals surface area (Å²) in [6.07, 6.45) is -0.212. The lowest BCUT2D eigenvalue weighted by molar-refractivity contribution is -0.153. The fraction of sp³-hybridized carbons (Fsp3) is 0.923. The van der Waals surface area contributed by atoms with Crippen LogP contribution in [0.1, 0.15) is 34.6 Å². The average Bonchev–Trinajstić information content (AvgIpc) is 2.11. The van der Waals surface area contributed by atoms with Crippen molar-refractivity contribution >= 4 is 5.91 Å². The molecule has 0 bridgehead atoms. The van der Waals surface area contributed by atoms with Crippen molar-refractivity contribution in [3.8, 4) is 0 Å². The second-order valence-corrected chi connectivity index (χ2v) is 6.65. The Bertz CT molecular complexity index is 297. The van der Waals surface area contributed by atoms with E-state index in [0.717, 1.165) is 0 Å². The summed E-state index contributed by atoms with van der Waals surface area (Å²) in [6.45, 7) is 11.5. The van der Waals surface area contributed by atoms with Gasteiger partial charge >= 0.3 is 0 Å². The first-order chi connectivity index (χ1) is 8.11. The maximum Gasteiger partial charge on any atom is 0.234 e. The molecule has 1 amide bonds. The lowest BCUT2D eigenvalue weighted by atomic mass is 10.1. The minimum Gasteiger partial charge on any atom is -0.394 e. The molecule has 1 rings (SSSR count). The van der Waals surface area contributed by atoms with Crippen LogP contribution in [0.15, 0.2) is 0 Å². The fourth-order valence-corrected chi connectivity index (χ4v) is 2.29. The van der Waals surface area contributed by atoms with Gasteiger partial charge in [0.15, 0.2) is 0 Å². The van der Waals surface area contributed by atoms with Gasteiger partial charge in [0, 0.05) is 18.6 Å². The molecule has 1 aliphatic rings. The first-order valence-corrected chi connectivity index (χ1v) is 6.43. The number of aliphatic hydroxyl groups excluding tert-OH is 1. The third kappa shape index (κ3) is 5.33. The summed E-state index contributed by atoms with van der Waals surface area (Å²) in [5.74, 6) is 0.0110. The number of hydrogen-bond donors (Lipinski definition) is 2. The number of ether oxygens (including phenoxy) is 1. The summed E-state index contributed by atoms with van der Waals surface area (Å²) in [5.41, 5.74) is -0.539. The zero-order valence-corrected chi connectivity index (χ0v) is 12.1. The third-order valence-electron chi connectivity index (χ3n) is 2.64. The molecule has 1 fully saturated rings. The van der Waals surface area contributed by atoms with Crippen LogP contribution < -0.4 is 5.32 Å². The van der Waals surface area contributed by atoms with E-state index < -0.39 is 0 Å². The molecule has 0 aromatic rings.